The third kappa shape index (κ3) is 3.75. The van der Waals surface area contributed by atoms with Gasteiger partial charge in [0.05, 0.1) is 18.5 Å². The molecule has 0 aliphatic heterocycles. The molecule has 0 aromatic carbocycles. The number of hydrogen-bond donors (Lipinski definition) is 1. The van der Waals surface area contributed by atoms with Gasteiger partial charge >= 0.3 is 0 Å². The Kier molecular flexibility index (Phi) is 4.12. The number of rotatable bonds is 5. The second-order valence-corrected chi connectivity index (χ2v) is 6.96. The molecule has 0 bridgehead atoms. The lowest BCUT2D eigenvalue weighted by atomic mass is 10.2. The van der Waals surface area contributed by atoms with Gasteiger partial charge in [0.1, 0.15) is 11.6 Å². The number of nitrogens with one attached hydrogen (secondary N) is 1. The van der Waals surface area contributed by atoms with Crippen molar-refractivity contribution < 1.29 is 12.8 Å². The van der Waals surface area contributed by atoms with Crippen molar-refractivity contribution in [1.82, 2.24) is 9.97 Å². The van der Waals surface area contributed by atoms with E-state index in [1.165, 1.54) is 12.3 Å². The summed E-state index contributed by atoms with van der Waals surface area (Å²) in [6.07, 6.45) is 4.26. The fraction of sp³-hybridized carbons (Fsp3) is 0.125. The Balaban J connectivity index is 1.79. The van der Waals surface area contributed by atoms with Crippen LogP contribution in [-0.4, -0.2) is 24.6 Å². The molecule has 3 aromatic rings. The van der Waals surface area contributed by atoms with E-state index in [1.807, 2.05) is 30.3 Å². The molecule has 3 aromatic heterocycles. The van der Waals surface area contributed by atoms with Gasteiger partial charge in [0.25, 0.3) is 0 Å². The average Bonchev–Trinajstić information content (AvgIpc) is 3.06. The van der Waals surface area contributed by atoms with Gasteiger partial charge in [-0.3, -0.25) is 0 Å². The molecule has 7 heteroatoms. The average molecular weight is 329 g/mol. The van der Waals surface area contributed by atoms with E-state index in [1.54, 1.807) is 12.3 Å². The number of nitrogens with zero attached hydrogens (tertiary/aromatic N) is 2. The summed E-state index contributed by atoms with van der Waals surface area (Å²) < 4.78 is 28.1. The first-order chi connectivity index (χ1) is 11.0. The highest BCUT2D eigenvalue weighted by Crippen LogP contribution is 2.19. The van der Waals surface area contributed by atoms with Crippen molar-refractivity contribution in [2.45, 2.75) is 11.6 Å². The Labute approximate surface area is 134 Å². The molecule has 0 unspecified atom stereocenters. The topological polar surface area (TPSA) is 85.1 Å². The minimum Gasteiger partial charge on any atom is -0.467 e. The highest BCUT2D eigenvalue weighted by molar-refractivity contribution is 7.90. The van der Waals surface area contributed by atoms with Crippen molar-refractivity contribution in [3.63, 3.8) is 0 Å². The van der Waals surface area contributed by atoms with Crippen molar-refractivity contribution in [3.05, 3.63) is 60.7 Å². The zero-order valence-electron chi connectivity index (χ0n) is 12.4. The molecule has 23 heavy (non-hydrogen) atoms. The standard InChI is InChI=1S/C16H15N3O3S/c1-23(20,21)16-8-7-12(10-18-16)14-5-2-6-15(19-14)17-11-13-4-3-9-22-13/h2-10H,11H2,1H3,(H,17,19). The lowest BCUT2D eigenvalue weighted by Crippen LogP contribution is -2.02. The first-order valence-electron chi connectivity index (χ1n) is 6.92. The Morgan fingerprint density at radius 2 is 2.00 bits per heavy atom. The maximum Gasteiger partial charge on any atom is 0.192 e. The van der Waals surface area contributed by atoms with Gasteiger partial charge in [-0.25, -0.2) is 18.4 Å². The summed E-state index contributed by atoms with van der Waals surface area (Å²) in [5.41, 5.74) is 1.46. The molecule has 0 aliphatic rings. The van der Waals surface area contributed by atoms with Crippen LogP contribution in [0.2, 0.25) is 0 Å². The van der Waals surface area contributed by atoms with Crippen molar-refractivity contribution in [1.29, 1.82) is 0 Å². The SMILES string of the molecule is CS(=O)(=O)c1ccc(-c2cccc(NCc3ccco3)n2)cn1. The van der Waals surface area contributed by atoms with E-state index in [9.17, 15) is 8.42 Å². The predicted octanol–water partition coefficient (Wildman–Crippen LogP) is 2.75. The van der Waals surface area contributed by atoms with E-state index >= 15 is 0 Å². The summed E-state index contributed by atoms with van der Waals surface area (Å²) in [6, 6.07) is 12.5. The van der Waals surface area contributed by atoms with Gasteiger partial charge in [0.15, 0.2) is 14.9 Å². The smallest absolute Gasteiger partial charge is 0.192 e. The third-order valence-electron chi connectivity index (χ3n) is 3.18. The van der Waals surface area contributed by atoms with Crippen molar-refractivity contribution >= 4 is 15.7 Å². The fourth-order valence-electron chi connectivity index (χ4n) is 2.04. The highest BCUT2D eigenvalue weighted by atomic mass is 32.2. The van der Waals surface area contributed by atoms with Crippen LogP contribution in [0.25, 0.3) is 11.3 Å². The van der Waals surface area contributed by atoms with Crippen molar-refractivity contribution in [2.75, 3.05) is 11.6 Å². The van der Waals surface area contributed by atoms with Gasteiger partial charge in [-0.15, -0.1) is 0 Å². The van der Waals surface area contributed by atoms with Crippen LogP contribution in [0.15, 0.2) is 64.4 Å². The summed E-state index contributed by atoms with van der Waals surface area (Å²) in [6.45, 7) is 0.536. The molecule has 0 aliphatic carbocycles. The molecular formula is C16H15N3O3S. The second kappa shape index (κ2) is 6.21. The van der Waals surface area contributed by atoms with E-state index in [-0.39, 0.29) is 5.03 Å². The molecule has 0 atom stereocenters. The van der Waals surface area contributed by atoms with Gasteiger partial charge in [0.2, 0.25) is 0 Å². The first kappa shape index (κ1) is 15.2. The van der Waals surface area contributed by atoms with Crippen LogP contribution in [0.3, 0.4) is 0 Å². The molecule has 0 radical (unpaired) electrons. The van der Waals surface area contributed by atoms with Crippen LogP contribution in [0.1, 0.15) is 5.76 Å². The van der Waals surface area contributed by atoms with Gasteiger partial charge in [-0.05, 0) is 36.4 Å². The van der Waals surface area contributed by atoms with E-state index in [0.717, 1.165) is 17.6 Å². The first-order valence-corrected chi connectivity index (χ1v) is 8.81. The minimum atomic E-state index is -3.30. The van der Waals surface area contributed by atoms with Crippen LogP contribution in [0, 0.1) is 0 Å². The predicted molar refractivity (Wildman–Crippen MR) is 86.6 cm³/mol. The van der Waals surface area contributed by atoms with Crippen LogP contribution >= 0.6 is 0 Å². The normalized spacial score (nSPS) is 11.3. The summed E-state index contributed by atoms with van der Waals surface area (Å²) in [5.74, 6) is 1.52. The number of hydrogen-bond acceptors (Lipinski definition) is 6. The highest BCUT2D eigenvalue weighted by Gasteiger charge is 2.09. The van der Waals surface area contributed by atoms with E-state index in [0.29, 0.717) is 18.1 Å². The molecule has 1 N–H and O–H groups in total. The lowest BCUT2D eigenvalue weighted by Gasteiger charge is -2.06. The van der Waals surface area contributed by atoms with Crippen molar-refractivity contribution in [3.8, 4) is 11.3 Å². The molecule has 0 saturated carbocycles. The maximum absolute atomic E-state index is 11.4. The summed E-state index contributed by atoms with van der Waals surface area (Å²) in [7, 11) is -3.30. The quantitative estimate of drug-likeness (QED) is 0.775. The monoisotopic (exact) mass is 329 g/mol. The second-order valence-electron chi connectivity index (χ2n) is 5.00. The Morgan fingerprint density at radius 3 is 2.65 bits per heavy atom. The molecule has 3 heterocycles. The summed E-state index contributed by atoms with van der Waals surface area (Å²) in [5, 5.41) is 3.22. The van der Waals surface area contributed by atoms with Crippen LogP contribution < -0.4 is 5.32 Å². The Morgan fingerprint density at radius 1 is 1.13 bits per heavy atom. The number of aromatic nitrogens is 2. The fourth-order valence-corrected chi connectivity index (χ4v) is 2.60. The number of furan rings is 1. The zero-order valence-corrected chi connectivity index (χ0v) is 13.2. The molecule has 3 rings (SSSR count). The molecular weight excluding hydrogens is 314 g/mol. The van der Waals surface area contributed by atoms with Gasteiger partial charge in [0, 0.05) is 18.0 Å². The van der Waals surface area contributed by atoms with E-state index < -0.39 is 9.84 Å². The van der Waals surface area contributed by atoms with E-state index in [2.05, 4.69) is 15.3 Å². The maximum atomic E-state index is 11.4. The Hall–Kier alpha value is -2.67. The van der Waals surface area contributed by atoms with Crippen molar-refractivity contribution in [2.24, 2.45) is 0 Å². The zero-order chi connectivity index (χ0) is 16.3. The molecule has 6 nitrogen and oxygen atoms in total. The molecule has 0 spiro atoms. The lowest BCUT2D eigenvalue weighted by molar-refractivity contribution is 0.518. The van der Waals surface area contributed by atoms with Gasteiger partial charge in [-0.1, -0.05) is 6.07 Å². The summed E-state index contributed by atoms with van der Waals surface area (Å²) in [4.78, 5) is 8.47. The number of pyridine rings is 2. The van der Waals surface area contributed by atoms with Gasteiger partial charge in [-0.2, -0.15) is 0 Å². The molecule has 0 amide bonds. The minimum absolute atomic E-state index is 0.0494. The van der Waals surface area contributed by atoms with Crippen LogP contribution in [0.5, 0.6) is 0 Å². The van der Waals surface area contributed by atoms with Crippen LogP contribution in [0.4, 0.5) is 5.82 Å². The molecule has 118 valence electrons. The van der Waals surface area contributed by atoms with Gasteiger partial charge < -0.3 is 9.73 Å². The van der Waals surface area contributed by atoms with Crippen LogP contribution in [-0.2, 0) is 16.4 Å². The molecule has 0 saturated heterocycles. The summed E-state index contributed by atoms with van der Waals surface area (Å²) >= 11 is 0. The van der Waals surface area contributed by atoms with E-state index in [4.69, 9.17) is 4.42 Å². The molecule has 0 fully saturated rings. The third-order valence-corrected chi connectivity index (χ3v) is 4.19. The largest absolute Gasteiger partial charge is 0.467 e. The number of anilines is 1. The Bertz CT molecular complexity index is 889. The number of sulfone groups is 1.